The average molecular weight is 271 g/mol. The molecular weight excluding hydrogens is 246 g/mol. The number of Topliss-reactive ketones (excluding diaryl/α,β-unsaturated/α-hetero) is 1. The zero-order valence-corrected chi connectivity index (χ0v) is 12.4. The van der Waals surface area contributed by atoms with Gasteiger partial charge < -0.3 is 5.32 Å². The molecule has 1 aromatic rings. The number of ketones is 1. The van der Waals surface area contributed by atoms with Crippen molar-refractivity contribution in [1.82, 2.24) is 5.32 Å². The fourth-order valence-electron chi connectivity index (χ4n) is 3.85. The van der Waals surface area contributed by atoms with E-state index in [2.05, 4.69) is 24.4 Å². The predicted octanol–water partition coefficient (Wildman–Crippen LogP) is 3.74. The van der Waals surface area contributed by atoms with Crippen molar-refractivity contribution in [1.29, 1.82) is 0 Å². The Hall–Kier alpha value is -1.15. The highest BCUT2D eigenvalue weighted by atomic mass is 16.1. The molecule has 2 nitrogen and oxygen atoms in total. The minimum absolute atomic E-state index is 0.0430. The Morgan fingerprint density at radius 1 is 1.20 bits per heavy atom. The third kappa shape index (κ3) is 2.80. The summed E-state index contributed by atoms with van der Waals surface area (Å²) in [6, 6.07) is 8.77. The molecule has 3 atom stereocenters. The summed E-state index contributed by atoms with van der Waals surface area (Å²) in [5.41, 5.74) is 2.14. The number of benzene rings is 1. The van der Waals surface area contributed by atoms with Crippen LogP contribution in [0.4, 0.5) is 0 Å². The zero-order valence-electron chi connectivity index (χ0n) is 12.4. The second-order valence-corrected chi connectivity index (χ2v) is 6.37. The second-order valence-electron chi connectivity index (χ2n) is 6.37. The van der Waals surface area contributed by atoms with Crippen LogP contribution in [-0.2, 0) is 6.42 Å². The molecule has 108 valence electrons. The van der Waals surface area contributed by atoms with Crippen molar-refractivity contribution in [3.05, 3.63) is 35.4 Å². The highest BCUT2D eigenvalue weighted by molar-refractivity contribution is 6.00. The van der Waals surface area contributed by atoms with Gasteiger partial charge in [-0.1, -0.05) is 38.0 Å². The highest BCUT2D eigenvalue weighted by Gasteiger charge is 2.34. The van der Waals surface area contributed by atoms with E-state index in [0.717, 1.165) is 24.3 Å². The average Bonchev–Trinajstić information content (AvgIpc) is 2.53. The van der Waals surface area contributed by atoms with Gasteiger partial charge in [-0.15, -0.1) is 0 Å². The first-order chi connectivity index (χ1) is 9.78. The van der Waals surface area contributed by atoms with Gasteiger partial charge in [-0.3, -0.25) is 4.79 Å². The smallest absolute Gasteiger partial charge is 0.179 e. The van der Waals surface area contributed by atoms with Crippen LogP contribution in [0.1, 0.15) is 61.4 Å². The molecular formula is C18H25NO. The van der Waals surface area contributed by atoms with Crippen LogP contribution < -0.4 is 5.32 Å². The Morgan fingerprint density at radius 2 is 2.05 bits per heavy atom. The van der Waals surface area contributed by atoms with E-state index in [1.807, 2.05) is 12.1 Å². The maximum atomic E-state index is 12.7. The first-order valence-electron chi connectivity index (χ1n) is 8.17. The molecule has 1 aliphatic heterocycles. The van der Waals surface area contributed by atoms with Crippen molar-refractivity contribution < 1.29 is 4.79 Å². The van der Waals surface area contributed by atoms with Crippen LogP contribution in [-0.4, -0.2) is 17.9 Å². The molecule has 3 unspecified atom stereocenters. The number of piperidine rings is 1. The summed E-state index contributed by atoms with van der Waals surface area (Å²) in [5, 5.41) is 3.64. The van der Waals surface area contributed by atoms with Crippen molar-refractivity contribution >= 4 is 5.78 Å². The van der Waals surface area contributed by atoms with Gasteiger partial charge in [-0.2, -0.15) is 0 Å². The van der Waals surface area contributed by atoms with Crippen molar-refractivity contribution in [3.8, 4) is 0 Å². The summed E-state index contributed by atoms with van der Waals surface area (Å²) in [7, 11) is 0. The molecule has 0 aromatic heterocycles. The van der Waals surface area contributed by atoms with Crippen LogP contribution in [0.3, 0.4) is 0 Å². The molecule has 20 heavy (non-hydrogen) atoms. The Kier molecular flexibility index (Phi) is 4.21. The van der Waals surface area contributed by atoms with Gasteiger partial charge in [0.15, 0.2) is 5.78 Å². The van der Waals surface area contributed by atoms with Crippen LogP contribution in [0.2, 0.25) is 0 Å². The van der Waals surface area contributed by atoms with Gasteiger partial charge in [0.2, 0.25) is 0 Å². The largest absolute Gasteiger partial charge is 0.304 e. The third-order valence-corrected chi connectivity index (χ3v) is 5.09. The minimum Gasteiger partial charge on any atom is -0.304 e. The summed E-state index contributed by atoms with van der Waals surface area (Å²) in [6.07, 6.45) is 8.52. The van der Waals surface area contributed by atoms with E-state index in [4.69, 9.17) is 0 Å². The van der Waals surface area contributed by atoms with Crippen LogP contribution in [0.25, 0.3) is 0 Å². The Balaban J connectivity index is 1.70. The van der Waals surface area contributed by atoms with Gasteiger partial charge in [0, 0.05) is 11.6 Å². The van der Waals surface area contributed by atoms with Crippen molar-refractivity contribution in [2.45, 2.75) is 64.0 Å². The van der Waals surface area contributed by atoms with Crippen LogP contribution in [0, 0.1) is 5.92 Å². The van der Waals surface area contributed by atoms with Gasteiger partial charge >= 0.3 is 0 Å². The molecule has 0 amide bonds. The molecule has 0 radical (unpaired) electrons. The first kappa shape index (κ1) is 13.8. The standard InChI is InChI=1S/C18H25NO/c1-2-13-6-5-8-15(12-13)18(20)17-11-10-14-7-3-4-9-16(14)19-17/h5-6,8,12,14,16-17,19H,2-4,7,9-11H2,1H3. The Bertz CT molecular complexity index is 482. The van der Waals surface area contributed by atoms with Crippen molar-refractivity contribution in [3.63, 3.8) is 0 Å². The number of hydrogen-bond donors (Lipinski definition) is 1. The van der Waals surface area contributed by atoms with Gasteiger partial charge in [0.1, 0.15) is 0 Å². The van der Waals surface area contributed by atoms with Crippen molar-refractivity contribution in [2.75, 3.05) is 0 Å². The third-order valence-electron chi connectivity index (χ3n) is 5.09. The quantitative estimate of drug-likeness (QED) is 0.848. The lowest BCUT2D eigenvalue weighted by Crippen LogP contribution is -2.52. The summed E-state index contributed by atoms with van der Waals surface area (Å²) < 4.78 is 0. The molecule has 2 fully saturated rings. The molecule has 1 aromatic carbocycles. The summed E-state index contributed by atoms with van der Waals surface area (Å²) in [6.45, 7) is 2.13. The van der Waals surface area contributed by atoms with E-state index in [0.29, 0.717) is 11.8 Å². The number of nitrogens with one attached hydrogen (secondary N) is 1. The summed E-state index contributed by atoms with van der Waals surface area (Å²) >= 11 is 0. The predicted molar refractivity (Wildman–Crippen MR) is 82.1 cm³/mol. The van der Waals surface area contributed by atoms with Crippen LogP contribution >= 0.6 is 0 Å². The highest BCUT2D eigenvalue weighted by Crippen LogP contribution is 2.32. The van der Waals surface area contributed by atoms with E-state index < -0.39 is 0 Å². The number of carbonyl (C=O) groups excluding carboxylic acids is 1. The van der Waals surface area contributed by atoms with E-state index in [1.54, 1.807) is 0 Å². The summed E-state index contributed by atoms with van der Waals surface area (Å²) in [5.74, 6) is 1.11. The number of rotatable bonds is 3. The zero-order chi connectivity index (χ0) is 13.9. The molecule has 3 rings (SSSR count). The second kappa shape index (κ2) is 6.09. The lowest BCUT2D eigenvalue weighted by atomic mass is 9.77. The van der Waals surface area contributed by atoms with Crippen LogP contribution in [0.5, 0.6) is 0 Å². The molecule has 1 heterocycles. The Labute approximate surface area is 122 Å². The molecule has 2 aliphatic rings. The minimum atomic E-state index is 0.0430. The van der Waals surface area contributed by atoms with Gasteiger partial charge in [-0.25, -0.2) is 0 Å². The maximum absolute atomic E-state index is 12.7. The topological polar surface area (TPSA) is 29.1 Å². The molecule has 1 saturated heterocycles. The normalized spacial score (nSPS) is 29.8. The van der Waals surface area contributed by atoms with Crippen molar-refractivity contribution in [2.24, 2.45) is 5.92 Å². The Morgan fingerprint density at radius 3 is 2.90 bits per heavy atom. The summed E-state index contributed by atoms with van der Waals surface area (Å²) in [4.78, 5) is 12.7. The molecule has 1 aliphatic carbocycles. The van der Waals surface area contributed by atoms with E-state index in [1.165, 1.54) is 37.7 Å². The molecule has 0 spiro atoms. The number of hydrogen-bond acceptors (Lipinski definition) is 2. The van der Waals surface area contributed by atoms with Gasteiger partial charge in [0.05, 0.1) is 6.04 Å². The van der Waals surface area contributed by atoms with Gasteiger partial charge in [-0.05, 0) is 49.7 Å². The van der Waals surface area contributed by atoms with Crippen LogP contribution in [0.15, 0.2) is 24.3 Å². The van der Waals surface area contributed by atoms with E-state index in [-0.39, 0.29) is 6.04 Å². The fraction of sp³-hybridized carbons (Fsp3) is 0.611. The SMILES string of the molecule is CCc1cccc(C(=O)C2CCC3CCCCC3N2)c1. The molecule has 1 N–H and O–H groups in total. The lowest BCUT2D eigenvalue weighted by Gasteiger charge is -2.40. The fourth-order valence-corrected chi connectivity index (χ4v) is 3.85. The monoisotopic (exact) mass is 271 g/mol. The van der Waals surface area contributed by atoms with Gasteiger partial charge in [0.25, 0.3) is 0 Å². The molecule has 2 heteroatoms. The lowest BCUT2D eigenvalue weighted by molar-refractivity contribution is 0.0861. The molecule has 1 saturated carbocycles. The molecule has 0 bridgehead atoms. The first-order valence-corrected chi connectivity index (χ1v) is 8.17. The number of carbonyl (C=O) groups is 1. The number of fused-ring (bicyclic) bond motifs is 1. The number of aryl methyl sites for hydroxylation is 1. The van der Waals surface area contributed by atoms with E-state index >= 15 is 0 Å². The maximum Gasteiger partial charge on any atom is 0.179 e. The van der Waals surface area contributed by atoms with E-state index in [9.17, 15) is 4.79 Å².